The number of hydrogen-bond acceptors (Lipinski definition) is 2. The predicted octanol–water partition coefficient (Wildman–Crippen LogP) is 2.77. The van der Waals surface area contributed by atoms with Gasteiger partial charge in [0.25, 0.3) is 0 Å². The van der Waals surface area contributed by atoms with E-state index in [1.54, 1.807) is 4.90 Å². The molecule has 0 saturated carbocycles. The summed E-state index contributed by atoms with van der Waals surface area (Å²) in [6.45, 7) is 7.36. The number of para-hydroxylation sites is 1. The first-order valence-electron chi connectivity index (χ1n) is 8.62. The second kappa shape index (κ2) is 9.02. The molecule has 2 aromatic carbocycles. The van der Waals surface area contributed by atoms with Crippen molar-refractivity contribution in [3.8, 4) is 0 Å². The molecule has 1 unspecified atom stereocenters. The molecule has 0 heterocycles. The Bertz CT molecular complexity index is 727. The van der Waals surface area contributed by atoms with Gasteiger partial charge in [0.05, 0.1) is 0 Å². The molecule has 138 valence electrons. The van der Waals surface area contributed by atoms with Crippen LogP contribution < -0.4 is 14.7 Å². The van der Waals surface area contributed by atoms with Crippen molar-refractivity contribution in [2.24, 2.45) is 0 Å². The quantitative estimate of drug-likeness (QED) is 0.735. The summed E-state index contributed by atoms with van der Waals surface area (Å²) in [5.74, 6) is -0.247. The van der Waals surface area contributed by atoms with Crippen LogP contribution in [0.2, 0.25) is 5.32 Å². The number of nitrogens with one attached hydrogen (secondary N) is 1. The number of hydrogen-bond donors (Lipinski definition) is 1. The monoisotopic (exact) mass is 418 g/mol. The van der Waals surface area contributed by atoms with E-state index < -0.39 is 6.04 Å². The fraction of sp³-hybridized carbons (Fsp3) is 0.333. The molecule has 2 aromatic rings. The third kappa shape index (κ3) is 6.01. The first kappa shape index (κ1) is 20.2. The van der Waals surface area contributed by atoms with E-state index in [1.807, 2.05) is 69.3 Å². The van der Waals surface area contributed by atoms with Gasteiger partial charge in [-0.1, -0.05) is 0 Å². The summed E-state index contributed by atoms with van der Waals surface area (Å²) < 4.78 is 1.21. The van der Waals surface area contributed by atoms with Gasteiger partial charge in [-0.3, -0.25) is 0 Å². The summed E-state index contributed by atoms with van der Waals surface area (Å²) in [6.07, 6.45) is 0. The van der Waals surface area contributed by atoms with E-state index >= 15 is 0 Å². The number of rotatable bonds is 6. The van der Waals surface area contributed by atoms with Crippen LogP contribution in [-0.4, -0.2) is 38.4 Å². The molecule has 0 aliphatic rings. The van der Waals surface area contributed by atoms with Gasteiger partial charge in [0, 0.05) is 0 Å². The van der Waals surface area contributed by atoms with Crippen LogP contribution in [0.15, 0.2) is 60.7 Å². The Kier molecular flexibility index (Phi) is 7.01. The molecule has 0 bridgehead atoms. The molecule has 1 N–H and O–H groups in total. The molecule has 2 amide bonds. The standard InChI is InChI=1S/C21H26N2O2Se/c1-16(24)23(17-11-7-5-8-12-17)19(20(25)22-21(2,3)4)15-26-18-13-9-6-10-14-18/h5-14,19H,15H2,1-4H3,(H,22,25). The Morgan fingerprint density at radius 1 is 1.00 bits per heavy atom. The van der Waals surface area contributed by atoms with Gasteiger partial charge in [-0.25, -0.2) is 0 Å². The Hall–Kier alpha value is -2.10. The fourth-order valence-corrected chi connectivity index (χ4v) is 4.68. The van der Waals surface area contributed by atoms with Crippen molar-refractivity contribution in [3.05, 3.63) is 60.7 Å². The van der Waals surface area contributed by atoms with Crippen LogP contribution in [0, 0.1) is 0 Å². The van der Waals surface area contributed by atoms with Crippen molar-refractivity contribution in [1.82, 2.24) is 5.32 Å². The summed E-state index contributed by atoms with van der Waals surface area (Å²) in [6, 6.07) is 19.0. The average molecular weight is 417 g/mol. The van der Waals surface area contributed by atoms with E-state index in [1.165, 1.54) is 11.4 Å². The molecule has 0 spiro atoms. The van der Waals surface area contributed by atoms with Crippen molar-refractivity contribution >= 4 is 36.9 Å². The topological polar surface area (TPSA) is 49.4 Å². The molecular weight excluding hydrogens is 391 g/mol. The molecule has 0 aromatic heterocycles. The van der Waals surface area contributed by atoms with E-state index in [0.717, 1.165) is 5.69 Å². The Balaban J connectivity index is 2.30. The average Bonchev–Trinajstić information content (AvgIpc) is 2.58. The van der Waals surface area contributed by atoms with E-state index in [9.17, 15) is 9.59 Å². The molecule has 1 atom stereocenters. The van der Waals surface area contributed by atoms with Crippen LogP contribution in [0.3, 0.4) is 0 Å². The first-order chi connectivity index (χ1) is 12.3. The van der Waals surface area contributed by atoms with E-state index in [0.29, 0.717) is 5.32 Å². The van der Waals surface area contributed by atoms with Crippen LogP contribution in [0.5, 0.6) is 0 Å². The number of nitrogens with zero attached hydrogens (tertiary/aromatic N) is 1. The van der Waals surface area contributed by atoms with Crippen molar-refractivity contribution in [2.75, 3.05) is 4.90 Å². The number of amides is 2. The maximum absolute atomic E-state index is 13.0. The van der Waals surface area contributed by atoms with Gasteiger partial charge in [-0.15, -0.1) is 0 Å². The summed E-state index contributed by atoms with van der Waals surface area (Å²) in [7, 11) is 0. The SMILES string of the molecule is CC(=O)N(c1ccccc1)C(C[Se]c1ccccc1)C(=O)NC(C)(C)C. The number of anilines is 1. The van der Waals surface area contributed by atoms with Crippen LogP contribution >= 0.6 is 0 Å². The molecular formula is C21H26N2O2Se. The number of benzene rings is 2. The van der Waals surface area contributed by atoms with Crippen LogP contribution in [0.4, 0.5) is 5.69 Å². The summed E-state index contributed by atoms with van der Waals surface area (Å²) in [5, 5.41) is 3.66. The van der Waals surface area contributed by atoms with E-state index in [4.69, 9.17) is 0 Å². The minimum absolute atomic E-state index is 0.0869. The van der Waals surface area contributed by atoms with Gasteiger partial charge in [-0.2, -0.15) is 0 Å². The summed E-state index contributed by atoms with van der Waals surface area (Å²) in [4.78, 5) is 27.0. The third-order valence-electron chi connectivity index (χ3n) is 3.64. The van der Waals surface area contributed by atoms with Crippen molar-refractivity contribution in [3.63, 3.8) is 0 Å². The minimum atomic E-state index is -0.533. The van der Waals surface area contributed by atoms with E-state index in [2.05, 4.69) is 17.4 Å². The first-order valence-corrected chi connectivity index (χ1v) is 10.7. The molecule has 2 rings (SSSR count). The molecule has 4 nitrogen and oxygen atoms in total. The Labute approximate surface area is 162 Å². The molecule has 5 heteroatoms. The summed E-state index contributed by atoms with van der Waals surface area (Å²) >= 11 is 0.0869. The van der Waals surface area contributed by atoms with Gasteiger partial charge in [0.1, 0.15) is 0 Å². The maximum atomic E-state index is 13.0. The second-order valence-corrected chi connectivity index (χ2v) is 9.40. The van der Waals surface area contributed by atoms with Crippen LogP contribution in [0.25, 0.3) is 0 Å². The summed E-state index contributed by atoms with van der Waals surface area (Å²) in [5.41, 5.74) is 0.395. The van der Waals surface area contributed by atoms with Gasteiger partial charge in [-0.05, 0) is 0 Å². The zero-order valence-electron chi connectivity index (χ0n) is 15.7. The van der Waals surface area contributed by atoms with Gasteiger partial charge < -0.3 is 0 Å². The Morgan fingerprint density at radius 3 is 2.04 bits per heavy atom. The molecule has 0 aliphatic carbocycles. The Morgan fingerprint density at radius 2 is 1.54 bits per heavy atom. The van der Waals surface area contributed by atoms with Crippen LogP contribution in [0.1, 0.15) is 27.7 Å². The molecule has 0 saturated heterocycles. The van der Waals surface area contributed by atoms with Crippen molar-refractivity contribution < 1.29 is 9.59 Å². The zero-order chi connectivity index (χ0) is 19.2. The predicted molar refractivity (Wildman–Crippen MR) is 108 cm³/mol. The van der Waals surface area contributed by atoms with Gasteiger partial charge >= 0.3 is 162 Å². The van der Waals surface area contributed by atoms with Gasteiger partial charge in [0.2, 0.25) is 0 Å². The second-order valence-electron chi connectivity index (χ2n) is 7.10. The molecule has 0 radical (unpaired) electrons. The van der Waals surface area contributed by atoms with Crippen molar-refractivity contribution in [1.29, 1.82) is 0 Å². The molecule has 0 fully saturated rings. The van der Waals surface area contributed by atoms with Gasteiger partial charge in [0.15, 0.2) is 0 Å². The van der Waals surface area contributed by atoms with E-state index in [-0.39, 0.29) is 32.3 Å². The normalized spacial score (nSPS) is 12.3. The molecule has 26 heavy (non-hydrogen) atoms. The fourth-order valence-electron chi connectivity index (χ4n) is 2.58. The molecule has 0 aliphatic heterocycles. The van der Waals surface area contributed by atoms with Crippen LogP contribution in [-0.2, 0) is 9.59 Å². The number of carbonyl (C=O) groups is 2. The number of carbonyl (C=O) groups excluding carboxylic acids is 2. The third-order valence-corrected chi connectivity index (χ3v) is 5.92. The zero-order valence-corrected chi connectivity index (χ0v) is 17.4. The van der Waals surface area contributed by atoms with Crippen molar-refractivity contribution in [2.45, 2.75) is 44.6 Å².